The van der Waals surface area contributed by atoms with Gasteiger partial charge in [-0.1, -0.05) is 84.9 Å². The van der Waals surface area contributed by atoms with Crippen LogP contribution < -0.4 is 5.73 Å². The van der Waals surface area contributed by atoms with E-state index in [0.717, 1.165) is 47.4 Å². The van der Waals surface area contributed by atoms with E-state index in [0.29, 0.717) is 45.9 Å². The van der Waals surface area contributed by atoms with Crippen molar-refractivity contribution < 1.29 is 76.6 Å². The van der Waals surface area contributed by atoms with Crippen molar-refractivity contribution in [1.82, 2.24) is 39.9 Å². The summed E-state index contributed by atoms with van der Waals surface area (Å²) in [5.74, 6) is -34.2. The van der Waals surface area contributed by atoms with Crippen molar-refractivity contribution in [2.75, 3.05) is 6.54 Å². The minimum Gasteiger partial charge on any atom is -0.330 e. The minimum atomic E-state index is -7.85. The van der Waals surface area contributed by atoms with Gasteiger partial charge in [0.05, 0.1) is 0 Å². The molecule has 0 aliphatic carbocycles. The molecule has 7 aromatic rings. The number of nitrogens with zero attached hydrogens (tertiary/aromatic N) is 6. The van der Waals surface area contributed by atoms with Crippen LogP contribution in [0.15, 0.2) is 91.0 Å². The molecule has 2 aliphatic rings. The topological polar surface area (TPSA) is 135 Å². The maximum atomic E-state index is 12.8. The third-order valence-corrected chi connectivity index (χ3v) is 10.9. The summed E-state index contributed by atoms with van der Waals surface area (Å²) in [4.78, 5) is 37.0. The van der Waals surface area contributed by atoms with Gasteiger partial charge in [-0.3, -0.25) is 0 Å². The van der Waals surface area contributed by atoms with E-state index in [1.54, 1.807) is 0 Å². The summed E-state index contributed by atoms with van der Waals surface area (Å²) >= 11 is 2.35. The molecule has 0 amide bonds. The van der Waals surface area contributed by atoms with Crippen LogP contribution >= 0.6 is 22.6 Å². The van der Waals surface area contributed by atoms with E-state index in [4.69, 9.17) is 29.9 Å². The summed E-state index contributed by atoms with van der Waals surface area (Å²) in [5.41, 5.74) is 10.8. The second kappa shape index (κ2) is 16.3. The van der Waals surface area contributed by atoms with Gasteiger partial charge in [-0.2, -0.15) is 57.1 Å². The van der Waals surface area contributed by atoms with E-state index in [1.165, 1.54) is 0 Å². The van der Waals surface area contributed by atoms with Gasteiger partial charge >= 0.3 is 35.8 Å². The summed E-state index contributed by atoms with van der Waals surface area (Å²) in [6.45, 7) is -1.46. The Morgan fingerprint density at radius 1 is 0.438 bits per heavy atom. The molecular weight excluding hydrogens is 1050 g/mol. The molecule has 4 N–H and O–H groups in total. The summed E-state index contributed by atoms with van der Waals surface area (Å²) in [6, 6.07) is 30.4. The fraction of sp³-hybridized carbons (Fsp3) is 0.200. The van der Waals surface area contributed by atoms with Crippen LogP contribution in [0.2, 0.25) is 0 Å². The second-order valence-electron chi connectivity index (χ2n) is 13.9. The van der Waals surface area contributed by atoms with Crippen molar-refractivity contribution in [2.24, 2.45) is 5.73 Å². The number of aromatic nitrogens is 8. The number of alkyl halides is 13. The molecule has 0 fully saturated rings. The number of nitrogens with two attached hydrogens (primary N) is 1. The molecule has 0 spiro atoms. The van der Waals surface area contributed by atoms with Crippen molar-refractivity contribution in [3.63, 3.8) is 0 Å². The van der Waals surface area contributed by atoms with Gasteiger partial charge in [-0.15, -0.1) is 0 Å². The number of halogens is 14. The zero-order chi connectivity index (χ0) is 45.5. The summed E-state index contributed by atoms with van der Waals surface area (Å²) < 4.78 is 163. The zero-order valence-corrected chi connectivity index (χ0v) is 37.0. The van der Waals surface area contributed by atoms with Gasteiger partial charge in [-0.25, -0.2) is 29.9 Å². The van der Waals surface area contributed by atoms with Crippen molar-refractivity contribution in [1.29, 1.82) is 0 Å². The number of hydrogen-bond acceptors (Lipinski definition) is 7. The maximum absolute atomic E-state index is 12.8. The van der Waals surface area contributed by atoms with E-state index in [1.807, 2.05) is 78.9 Å². The molecule has 5 heterocycles. The molecule has 0 saturated carbocycles. The summed E-state index contributed by atoms with van der Waals surface area (Å²) in [6.07, 6.45) is -9.75. The van der Waals surface area contributed by atoms with Gasteiger partial charge in [0.15, 0.2) is 23.3 Å². The first-order valence-corrected chi connectivity index (χ1v) is 19.1. The monoisotopic (exact) mass is 1070 g/mol. The fourth-order valence-electron chi connectivity index (χ4n) is 6.79. The van der Waals surface area contributed by atoms with Crippen molar-refractivity contribution in [2.45, 2.75) is 42.2 Å². The first-order valence-electron chi connectivity index (χ1n) is 18.1. The quantitative estimate of drug-likeness (QED) is 0.0857. The van der Waals surface area contributed by atoms with Crippen LogP contribution in [0.25, 0.3) is 89.7 Å². The van der Waals surface area contributed by atoms with Gasteiger partial charge in [0.2, 0.25) is 0 Å². The molecule has 9 rings (SSSR count). The van der Waals surface area contributed by atoms with Crippen LogP contribution in [0.1, 0.15) is 6.42 Å². The Balaban J connectivity index is 0.000000230. The first kappa shape index (κ1) is 46.6. The number of H-pyrrole nitrogens is 2. The summed E-state index contributed by atoms with van der Waals surface area (Å²) in [7, 11) is 0. The molecule has 8 bridgehead atoms. The van der Waals surface area contributed by atoms with E-state index in [9.17, 15) is 57.1 Å². The smallest absolute Gasteiger partial charge is 0.330 e. The van der Waals surface area contributed by atoms with Gasteiger partial charge in [0, 0.05) is 73.3 Å². The Morgan fingerprint density at radius 2 is 0.797 bits per heavy atom. The number of aromatic amines is 2. The molecule has 24 heteroatoms. The second-order valence-corrected chi connectivity index (χ2v) is 15.1. The van der Waals surface area contributed by atoms with E-state index in [2.05, 4.69) is 50.4 Å². The zero-order valence-electron chi connectivity index (χ0n) is 31.8. The molecule has 328 valence electrons. The van der Waals surface area contributed by atoms with Crippen molar-refractivity contribution >= 4 is 66.7 Å². The van der Waals surface area contributed by atoms with Gasteiger partial charge < -0.3 is 15.7 Å². The maximum Gasteiger partial charge on any atom is 0.460 e. The SMILES string of the molecule is Ic1cccc2c3nc4nc(nc5[nH]c(nc6nc(nc([nH]3)c12)-c1ccccc1-6)c1ccccc51)-c1ccccc1-4.NCCC(F)(F)C(F)(F)C(F)(F)C(F)(F)C(F)(F)C(F)(F)F.[Zn]. The molecule has 4 aromatic carbocycles. The van der Waals surface area contributed by atoms with Crippen LogP contribution in [0, 0.1) is 3.57 Å². The largest absolute Gasteiger partial charge is 0.460 e. The standard InChI is InChI=1S/C32H17IN8.C8H6F13N.Zn/c33-23-15-7-14-22-24(23)32-40-30-21-13-6-5-12-20(21)28(38-30)36-26-17-9-2-1-8-16(17)25(34-26)35-27-18-10-3-4-11-19(18)29(37-27)39-31(22)41-32;9-3(10,1-2-22)4(11,12)5(13,14)6(15,16)7(17,18)8(19,20)21;/h1-15H,(H2,34,35,36,37,38,39,40,41);1-2,22H2;. The molecule has 3 aromatic heterocycles. The predicted octanol–water partition coefficient (Wildman–Crippen LogP) is 11.5. The normalized spacial score (nSPS) is 13.2. The van der Waals surface area contributed by atoms with Crippen LogP contribution in [-0.4, -0.2) is 82.2 Å². The first-order chi connectivity index (χ1) is 29.5. The van der Waals surface area contributed by atoms with E-state index < -0.39 is 48.8 Å². The molecule has 9 nitrogen and oxygen atoms in total. The van der Waals surface area contributed by atoms with Crippen LogP contribution in [0.3, 0.4) is 0 Å². The molecule has 2 aliphatic heterocycles. The third kappa shape index (κ3) is 7.33. The number of rotatable bonds is 6. The fourth-order valence-corrected chi connectivity index (χ4v) is 7.54. The number of fused-ring (bicyclic) bond motifs is 20. The van der Waals surface area contributed by atoms with E-state index in [-0.39, 0.29) is 19.5 Å². The van der Waals surface area contributed by atoms with Gasteiger partial charge in [-0.05, 0) is 35.2 Å². The third-order valence-electron chi connectivity index (χ3n) is 9.99. The number of hydrogen-bond donors (Lipinski definition) is 3. The Labute approximate surface area is 376 Å². The number of nitrogens with one attached hydrogen (secondary N) is 2. The molecule has 0 saturated heterocycles. The predicted molar refractivity (Wildman–Crippen MR) is 213 cm³/mol. The van der Waals surface area contributed by atoms with E-state index >= 15 is 0 Å². The van der Waals surface area contributed by atoms with Gasteiger partial charge in [0.1, 0.15) is 22.6 Å². The van der Waals surface area contributed by atoms with Crippen LogP contribution in [0.4, 0.5) is 57.1 Å². The Hall–Kier alpha value is -5.36. The average Bonchev–Trinajstić information content (AvgIpc) is 3.96. The Kier molecular flexibility index (Phi) is 11.8. The molecule has 64 heavy (non-hydrogen) atoms. The summed E-state index contributed by atoms with van der Waals surface area (Å²) in [5, 5.41) is 3.86. The Bertz CT molecular complexity index is 3110. The average molecular weight is 1070 g/mol. The molecular formula is C40H23F13IN9Zn. The van der Waals surface area contributed by atoms with Gasteiger partial charge in [0.25, 0.3) is 0 Å². The number of benzene rings is 4. The molecule has 0 unspecified atom stereocenters. The Morgan fingerprint density at radius 3 is 1.22 bits per heavy atom. The van der Waals surface area contributed by atoms with Crippen LogP contribution in [-0.2, 0) is 19.5 Å². The van der Waals surface area contributed by atoms with Crippen molar-refractivity contribution in [3.05, 3.63) is 94.6 Å². The van der Waals surface area contributed by atoms with Crippen LogP contribution in [0.5, 0.6) is 0 Å². The molecule has 0 radical (unpaired) electrons. The van der Waals surface area contributed by atoms with Crippen molar-refractivity contribution in [3.8, 4) is 45.6 Å². The minimum absolute atomic E-state index is 0. The molecule has 0 atom stereocenters.